The van der Waals surface area contributed by atoms with Crippen LogP contribution >= 0.6 is 23.1 Å². The molecular formula is C13H11N3OS2. The average Bonchev–Trinajstić information content (AvgIpc) is 3.07. The van der Waals surface area contributed by atoms with Crippen molar-refractivity contribution in [2.45, 2.75) is 4.90 Å². The summed E-state index contributed by atoms with van der Waals surface area (Å²) >= 11 is 3.13. The first-order valence-electron chi connectivity index (χ1n) is 5.60. The quantitative estimate of drug-likeness (QED) is 0.743. The molecule has 96 valence electrons. The molecule has 1 aromatic carbocycles. The van der Waals surface area contributed by atoms with Crippen LogP contribution in [0.25, 0.3) is 22.2 Å². The molecule has 0 saturated heterocycles. The van der Waals surface area contributed by atoms with E-state index < -0.39 is 0 Å². The standard InChI is InChI=1S/C13H11N3OS2/c1-18-9-4-2-8(3-5-9)12-15-13(17-16-12)10-6-7-11(14)19-10/h2-7H,14H2,1H3. The smallest absolute Gasteiger partial charge is 0.268 e. The van der Waals surface area contributed by atoms with Gasteiger partial charge >= 0.3 is 0 Å². The van der Waals surface area contributed by atoms with E-state index in [4.69, 9.17) is 10.3 Å². The highest BCUT2D eigenvalue weighted by Gasteiger charge is 2.12. The van der Waals surface area contributed by atoms with E-state index >= 15 is 0 Å². The molecule has 0 aliphatic carbocycles. The van der Waals surface area contributed by atoms with E-state index in [1.807, 2.05) is 42.7 Å². The Balaban J connectivity index is 1.91. The highest BCUT2D eigenvalue weighted by molar-refractivity contribution is 7.98. The van der Waals surface area contributed by atoms with Crippen LogP contribution in [0.5, 0.6) is 0 Å². The van der Waals surface area contributed by atoms with Gasteiger partial charge in [-0.25, -0.2) is 0 Å². The van der Waals surface area contributed by atoms with Gasteiger partial charge in [-0.2, -0.15) is 4.98 Å². The van der Waals surface area contributed by atoms with Gasteiger partial charge in [0.25, 0.3) is 5.89 Å². The Morgan fingerprint density at radius 2 is 1.95 bits per heavy atom. The summed E-state index contributed by atoms with van der Waals surface area (Å²) in [6.07, 6.45) is 2.04. The Labute approximate surface area is 118 Å². The minimum atomic E-state index is 0.505. The molecule has 2 aromatic heterocycles. The van der Waals surface area contributed by atoms with Crippen LogP contribution in [0.15, 0.2) is 45.8 Å². The maximum atomic E-state index is 5.69. The lowest BCUT2D eigenvalue weighted by Crippen LogP contribution is -1.80. The lowest BCUT2D eigenvalue weighted by molar-refractivity contribution is 0.433. The zero-order chi connectivity index (χ0) is 13.2. The molecule has 0 spiro atoms. The monoisotopic (exact) mass is 289 g/mol. The van der Waals surface area contributed by atoms with Crippen LogP contribution in [0, 0.1) is 0 Å². The molecule has 19 heavy (non-hydrogen) atoms. The van der Waals surface area contributed by atoms with E-state index in [9.17, 15) is 0 Å². The first-order chi connectivity index (χ1) is 9.26. The fourth-order valence-corrected chi connectivity index (χ4v) is 2.75. The number of hydrogen-bond acceptors (Lipinski definition) is 6. The van der Waals surface area contributed by atoms with Crippen molar-refractivity contribution in [1.82, 2.24) is 10.1 Å². The number of nitrogen functional groups attached to an aromatic ring is 1. The third-order valence-electron chi connectivity index (χ3n) is 2.61. The Hall–Kier alpha value is -1.79. The third-order valence-corrected chi connectivity index (χ3v) is 4.26. The maximum absolute atomic E-state index is 5.69. The van der Waals surface area contributed by atoms with E-state index in [2.05, 4.69) is 10.1 Å². The molecule has 4 nitrogen and oxygen atoms in total. The summed E-state index contributed by atoms with van der Waals surface area (Å²) in [6, 6.07) is 11.8. The molecule has 0 aliphatic rings. The van der Waals surface area contributed by atoms with Crippen LogP contribution in [0.1, 0.15) is 0 Å². The number of anilines is 1. The number of nitrogens with zero attached hydrogens (tertiary/aromatic N) is 2. The first kappa shape index (κ1) is 12.3. The fraction of sp³-hybridized carbons (Fsp3) is 0.0769. The van der Waals surface area contributed by atoms with Crippen molar-refractivity contribution in [1.29, 1.82) is 0 Å². The van der Waals surface area contributed by atoms with E-state index in [1.165, 1.54) is 16.2 Å². The molecule has 3 rings (SSSR count). The molecule has 0 saturated carbocycles. The summed E-state index contributed by atoms with van der Waals surface area (Å²) < 4.78 is 5.26. The second-order valence-electron chi connectivity index (χ2n) is 3.85. The molecule has 2 N–H and O–H groups in total. The van der Waals surface area contributed by atoms with Gasteiger partial charge in [0.15, 0.2) is 0 Å². The van der Waals surface area contributed by atoms with Gasteiger partial charge in [0.2, 0.25) is 5.82 Å². The van der Waals surface area contributed by atoms with Gasteiger partial charge in [-0.1, -0.05) is 5.16 Å². The Morgan fingerprint density at radius 1 is 1.16 bits per heavy atom. The SMILES string of the molecule is CSc1ccc(-c2noc(-c3ccc(N)s3)n2)cc1. The summed E-state index contributed by atoms with van der Waals surface area (Å²) in [5, 5.41) is 4.74. The Kier molecular flexibility index (Phi) is 3.27. The van der Waals surface area contributed by atoms with Gasteiger partial charge in [-0.3, -0.25) is 0 Å². The fourth-order valence-electron chi connectivity index (χ4n) is 1.65. The highest BCUT2D eigenvalue weighted by atomic mass is 32.2. The molecule has 6 heteroatoms. The number of rotatable bonds is 3. The normalized spacial score (nSPS) is 10.8. The third kappa shape index (κ3) is 2.50. The van der Waals surface area contributed by atoms with Crippen LogP contribution < -0.4 is 5.73 Å². The largest absolute Gasteiger partial charge is 0.391 e. The van der Waals surface area contributed by atoms with Gasteiger partial charge in [0.05, 0.1) is 9.88 Å². The van der Waals surface area contributed by atoms with Gasteiger partial charge in [0, 0.05) is 10.5 Å². The van der Waals surface area contributed by atoms with Crippen molar-refractivity contribution in [2.75, 3.05) is 12.0 Å². The van der Waals surface area contributed by atoms with E-state index in [0.717, 1.165) is 15.4 Å². The number of thioether (sulfide) groups is 1. The second kappa shape index (κ2) is 5.07. The van der Waals surface area contributed by atoms with Crippen LogP contribution in [-0.4, -0.2) is 16.4 Å². The zero-order valence-electron chi connectivity index (χ0n) is 10.2. The molecule has 0 unspecified atom stereocenters. The molecule has 3 aromatic rings. The number of thiophene rings is 1. The van der Waals surface area contributed by atoms with Crippen molar-refractivity contribution in [3.8, 4) is 22.2 Å². The van der Waals surface area contributed by atoms with Gasteiger partial charge in [-0.05, 0) is 42.7 Å². The number of aromatic nitrogens is 2. The van der Waals surface area contributed by atoms with Crippen molar-refractivity contribution in [2.24, 2.45) is 0 Å². The van der Waals surface area contributed by atoms with Gasteiger partial charge < -0.3 is 10.3 Å². The van der Waals surface area contributed by atoms with Crippen LogP contribution in [0.2, 0.25) is 0 Å². The molecule has 0 bridgehead atoms. The van der Waals surface area contributed by atoms with Gasteiger partial charge in [-0.15, -0.1) is 23.1 Å². The Morgan fingerprint density at radius 3 is 2.58 bits per heavy atom. The molecule has 0 amide bonds. The van der Waals surface area contributed by atoms with Crippen molar-refractivity contribution < 1.29 is 4.52 Å². The topological polar surface area (TPSA) is 64.9 Å². The number of nitrogens with two attached hydrogens (primary N) is 1. The highest BCUT2D eigenvalue weighted by Crippen LogP contribution is 2.30. The molecular weight excluding hydrogens is 278 g/mol. The lowest BCUT2D eigenvalue weighted by Gasteiger charge is -1.96. The van der Waals surface area contributed by atoms with Gasteiger partial charge in [0.1, 0.15) is 0 Å². The van der Waals surface area contributed by atoms with Crippen LogP contribution in [-0.2, 0) is 0 Å². The van der Waals surface area contributed by atoms with Crippen molar-refractivity contribution >= 4 is 28.1 Å². The van der Waals surface area contributed by atoms with E-state index in [-0.39, 0.29) is 0 Å². The molecule has 0 aliphatic heterocycles. The Bertz CT molecular complexity index is 688. The lowest BCUT2D eigenvalue weighted by atomic mass is 10.2. The summed E-state index contributed by atoms with van der Waals surface area (Å²) in [5.41, 5.74) is 6.63. The van der Waals surface area contributed by atoms with Crippen LogP contribution in [0.4, 0.5) is 5.00 Å². The number of benzene rings is 1. The van der Waals surface area contributed by atoms with Crippen molar-refractivity contribution in [3.63, 3.8) is 0 Å². The minimum Gasteiger partial charge on any atom is -0.391 e. The predicted octanol–water partition coefficient (Wildman–Crippen LogP) is 3.77. The minimum absolute atomic E-state index is 0.505. The molecule has 0 fully saturated rings. The molecule has 0 atom stereocenters. The zero-order valence-corrected chi connectivity index (χ0v) is 11.8. The summed E-state index contributed by atoms with van der Waals surface area (Å²) in [6.45, 7) is 0. The predicted molar refractivity (Wildman–Crippen MR) is 79.2 cm³/mol. The van der Waals surface area contributed by atoms with Crippen LogP contribution in [0.3, 0.4) is 0 Å². The maximum Gasteiger partial charge on any atom is 0.268 e. The first-order valence-corrected chi connectivity index (χ1v) is 7.64. The van der Waals surface area contributed by atoms with Crippen molar-refractivity contribution in [3.05, 3.63) is 36.4 Å². The molecule has 2 heterocycles. The second-order valence-corrected chi connectivity index (χ2v) is 5.85. The van der Waals surface area contributed by atoms with E-state index in [1.54, 1.807) is 11.8 Å². The summed E-state index contributed by atoms with van der Waals surface area (Å²) in [4.78, 5) is 6.48. The molecule has 0 radical (unpaired) electrons. The number of hydrogen-bond donors (Lipinski definition) is 1. The average molecular weight is 289 g/mol. The van der Waals surface area contributed by atoms with E-state index in [0.29, 0.717) is 11.7 Å². The summed E-state index contributed by atoms with van der Waals surface area (Å²) in [5.74, 6) is 1.10. The summed E-state index contributed by atoms with van der Waals surface area (Å²) in [7, 11) is 0.